The lowest BCUT2D eigenvalue weighted by Crippen LogP contribution is -2.14. The van der Waals surface area contributed by atoms with E-state index in [1.165, 1.54) is 6.92 Å². The standard InChI is InChI=1S/C25H23ClN4O2/c1-15-22(11-12-25(32)28-21-6-4-5-19(13-21)17(3)31)16(2)30-24(27-15)14-23(29-30)18-7-9-20(26)10-8-18/h4-10,13-14H,11-12H2,1-3H3,(H,28,32). The lowest BCUT2D eigenvalue weighted by Gasteiger charge is -2.11. The Hall–Kier alpha value is -3.51. The van der Waals surface area contributed by atoms with Crippen molar-refractivity contribution < 1.29 is 9.59 Å². The van der Waals surface area contributed by atoms with Gasteiger partial charge in [-0.1, -0.05) is 35.9 Å². The Morgan fingerprint density at radius 3 is 2.53 bits per heavy atom. The average Bonchev–Trinajstić information content (AvgIpc) is 3.18. The van der Waals surface area contributed by atoms with Crippen LogP contribution in [0.25, 0.3) is 16.9 Å². The molecule has 2 aromatic heterocycles. The summed E-state index contributed by atoms with van der Waals surface area (Å²) in [6, 6.07) is 16.4. The van der Waals surface area contributed by atoms with Crippen molar-refractivity contribution in [2.24, 2.45) is 0 Å². The van der Waals surface area contributed by atoms with Crippen molar-refractivity contribution in [1.29, 1.82) is 0 Å². The van der Waals surface area contributed by atoms with Gasteiger partial charge < -0.3 is 5.32 Å². The van der Waals surface area contributed by atoms with E-state index in [-0.39, 0.29) is 11.7 Å². The number of ketones is 1. The molecule has 6 nitrogen and oxygen atoms in total. The molecule has 1 amide bonds. The zero-order valence-corrected chi connectivity index (χ0v) is 18.9. The third-order valence-electron chi connectivity index (χ3n) is 5.46. The molecule has 0 radical (unpaired) electrons. The number of fused-ring (bicyclic) bond motifs is 1. The van der Waals surface area contributed by atoms with Crippen LogP contribution in [0.1, 0.15) is 40.7 Å². The van der Waals surface area contributed by atoms with Crippen LogP contribution in [-0.2, 0) is 11.2 Å². The van der Waals surface area contributed by atoms with Gasteiger partial charge in [-0.15, -0.1) is 0 Å². The van der Waals surface area contributed by atoms with Crippen LogP contribution >= 0.6 is 11.6 Å². The third kappa shape index (κ3) is 4.55. The number of rotatable bonds is 6. The normalized spacial score (nSPS) is 11.0. The number of Topliss-reactive ketones (excluding diaryl/α,β-unsaturated/α-hetero) is 1. The van der Waals surface area contributed by atoms with E-state index in [9.17, 15) is 9.59 Å². The van der Waals surface area contributed by atoms with Crippen LogP contribution in [0.3, 0.4) is 0 Å². The topological polar surface area (TPSA) is 76.4 Å². The summed E-state index contributed by atoms with van der Waals surface area (Å²) >= 11 is 5.99. The predicted octanol–water partition coefficient (Wildman–Crippen LogP) is 5.44. The minimum atomic E-state index is -0.119. The highest BCUT2D eigenvalue weighted by molar-refractivity contribution is 6.30. The molecule has 2 heterocycles. The van der Waals surface area contributed by atoms with E-state index in [0.717, 1.165) is 33.9 Å². The lowest BCUT2D eigenvalue weighted by molar-refractivity contribution is -0.116. The Morgan fingerprint density at radius 2 is 1.81 bits per heavy atom. The van der Waals surface area contributed by atoms with Gasteiger partial charge in [0.25, 0.3) is 0 Å². The summed E-state index contributed by atoms with van der Waals surface area (Å²) in [4.78, 5) is 28.8. The second-order valence-corrected chi connectivity index (χ2v) is 8.19. The Labute approximate surface area is 191 Å². The van der Waals surface area contributed by atoms with E-state index < -0.39 is 0 Å². The monoisotopic (exact) mass is 446 g/mol. The minimum absolute atomic E-state index is 0.0380. The zero-order valence-electron chi connectivity index (χ0n) is 18.1. The third-order valence-corrected chi connectivity index (χ3v) is 5.71. The largest absolute Gasteiger partial charge is 0.326 e. The molecule has 0 saturated heterocycles. The molecule has 0 spiro atoms. The van der Waals surface area contributed by atoms with Crippen LogP contribution in [0.15, 0.2) is 54.6 Å². The molecule has 4 aromatic rings. The van der Waals surface area contributed by atoms with E-state index in [4.69, 9.17) is 21.7 Å². The Morgan fingerprint density at radius 1 is 1.06 bits per heavy atom. The van der Waals surface area contributed by atoms with E-state index in [2.05, 4.69) is 5.32 Å². The number of halogens is 1. The number of hydrogen-bond acceptors (Lipinski definition) is 4. The summed E-state index contributed by atoms with van der Waals surface area (Å²) in [5.41, 5.74) is 6.56. The number of carbonyl (C=O) groups is 2. The van der Waals surface area contributed by atoms with Gasteiger partial charge in [0.2, 0.25) is 5.91 Å². The lowest BCUT2D eigenvalue weighted by atomic mass is 10.1. The van der Waals surface area contributed by atoms with Crippen molar-refractivity contribution in [2.45, 2.75) is 33.6 Å². The summed E-state index contributed by atoms with van der Waals surface area (Å²) in [6.45, 7) is 5.44. The molecule has 7 heteroatoms. The quantitative estimate of drug-likeness (QED) is 0.400. The molecule has 32 heavy (non-hydrogen) atoms. The fraction of sp³-hybridized carbons (Fsp3) is 0.200. The van der Waals surface area contributed by atoms with Gasteiger partial charge in [0.05, 0.1) is 5.69 Å². The smallest absolute Gasteiger partial charge is 0.224 e. The van der Waals surface area contributed by atoms with Crippen LogP contribution < -0.4 is 5.32 Å². The number of nitrogens with zero attached hydrogens (tertiary/aromatic N) is 3. The van der Waals surface area contributed by atoms with Crippen molar-refractivity contribution in [2.75, 3.05) is 5.32 Å². The first kappa shape index (κ1) is 21.7. The molecule has 0 bridgehead atoms. The number of hydrogen-bond donors (Lipinski definition) is 1. The zero-order chi connectivity index (χ0) is 22.8. The predicted molar refractivity (Wildman–Crippen MR) is 126 cm³/mol. The van der Waals surface area contributed by atoms with E-state index in [0.29, 0.717) is 29.1 Å². The van der Waals surface area contributed by atoms with E-state index in [1.807, 2.05) is 48.7 Å². The molecule has 0 aliphatic rings. The first-order valence-electron chi connectivity index (χ1n) is 10.3. The molecule has 0 saturated carbocycles. The molecular formula is C25H23ClN4O2. The van der Waals surface area contributed by atoms with Gasteiger partial charge >= 0.3 is 0 Å². The summed E-state index contributed by atoms with van der Waals surface area (Å²) in [5, 5.41) is 8.26. The number of nitrogens with one attached hydrogen (secondary N) is 1. The Kier molecular flexibility index (Phi) is 6.06. The molecule has 0 aliphatic heterocycles. The fourth-order valence-corrected chi connectivity index (χ4v) is 3.85. The van der Waals surface area contributed by atoms with Crippen LogP contribution in [0.5, 0.6) is 0 Å². The maximum absolute atomic E-state index is 12.5. The van der Waals surface area contributed by atoms with Crippen molar-refractivity contribution >= 4 is 34.6 Å². The highest BCUT2D eigenvalue weighted by Gasteiger charge is 2.15. The number of carbonyl (C=O) groups excluding carboxylic acids is 2. The minimum Gasteiger partial charge on any atom is -0.326 e. The van der Waals surface area contributed by atoms with Crippen LogP contribution in [0, 0.1) is 13.8 Å². The first-order chi connectivity index (χ1) is 15.3. The fourth-order valence-electron chi connectivity index (χ4n) is 3.73. The van der Waals surface area contributed by atoms with Gasteiger partial charge in [-0.05, 0) is 57.0 Å². The molecule has 0 aliphatic carbocycles. The van der Waals surface area contributed by atoms with Crippen molar-refractivity contribution in [1.82, 2.24) is 14.6 Å². The van der Waals surface area contributed by atoms with Gasteiger partial charge in [-0.2, -0.15) is 5.10 Å². The molecule has 1 N–H and O–H groups in total. The Bertz CT molecular complexity index is 1330. The molecule has 162 valence electrons. The van der Waals surface area contributed by atoms with Gasteiger partial charge in [0, 0.05) is 45.7 Å². The molecular weight excluding hydrogens is 424 g/mol. The molecule has 2 aromatic carbocycles. The SMILES string of the molecule is CC(=O)c1cccc(NC(=O)CCc2c(C)nc3cc(-c4ccc(Cl)cc4)nn3c2C)c1. The number of aryl methyl sites for hydroxylation is 2. The van der Waals surface area contributed by atoms with Gasteiger partial charge in [-0.25, -0.2) is 9.50 Å². The number of benzene rings is 2. The van der Waals surface area contributed by atoms with Crippen molar-refractivity contribution in [3.8, 4) is 11.3 Å². The van der Waals surface area contributed by atoms with Gasteiger partial charge in [0.15, 0.2) is 11.4 Å². The second-order valence-electron chi connectivity index (χ2n) is 7.75. The average molecular weight is 447 g/mol. The van der Waals surface area contributed by atoms with Gasteiger partial charge in [0.1, 0.15) is 0 Å². The number of anilines is 1. The first-order valence-corrected chi connectivity index (χ1v) is 10.7. The summed E-state index contributed by atoms with van der Waals surface area (Å²) < 4.78 is 1.82. The number of aromatic nitrogens is 3. The molecule has 0 fully saturated rings. The highest BCUT2D eigenvalue weighted by Crippen LogP contribution is 2.24. The van der Waals surface area contributed by atoms with Crippen LogP contribution in [0.2, 0.25) is 5.02 Å². The maximum atomic E-state index is 12.5. The summed E-state index contributed by atoms with van der Waals surface area (Å²) in [5.74, 6) is -0.157. The van der Waals surface area contributed by atoms with Gasteiger partial charge in [-0.3, -0.25) is 9.59 Å². The maximum Gasteiger partial charge on any atom is 0.224 e. The van der Waals surface area contributed by atoms with Crippen molar-refractivity contribution in [3.05, 3.63) is 82.1 Å². The summed E-state index contributed by atoms with van der Waals surface area (Å²) in [7, 11) is 0. The second kappa shape index (κ2) is 8.93. The van der Waals surface area contributed by atoms with E-state index in [1.54, 1.807) is 24.3 Å². The number of amides is 1. The molecule has 0 atom stereocenters. The van der Waals surface area contributed by atoms with Crippen molar-refractivity contribution in [3.63, 3.8) is 0 Å². The Balaban J connectivity index is 1.52. The van der Waals surface area contributed by atoms with E-state index >= 15 is 0 Å². The highest BCUT2D eigenvalue weighted by atomic mass is 35.5. The summed E-state index contributed by atoms with van der Waals surface area (Å²) in [6.07, 6.45) is 0.833. The molecule has 0 unspecified atom stereocenters. The van der Waals surface area contributed by atoms with Crippen LogP contribution in [-0.4, -0.2) is 26.3 Å². The molecule has 4 rings (SSSR count). The van der Waals surface area contributed by atoms with Crippen LogP contribution in [0.4, 0.5) is 5.69 Å².